The van der Waals surface area contributed by atoms with Crippen LogP contribution in [0.25, 0.3) is 11.1 Å². The van der Waals surface area contributed by atoms with Gasteiger partial charge in [-0.25, -0.2) is 19.3 Å². The van der Waals surface area contributed by atoms with Gasteiger partial charge in [0.2, 0.25) is 11.7 Å². The highest BCUT2D eigenvalue weighted by Crippen LogP contribution is 2.34. The van der Waals surface area contributed by atoms with Crippen LogP contribution in [0.15, 0.2) is 60.3 Å². The smallest absolute Gasteiger partial charge is 0.351 e. The Hall–Kier alpha value is -3.05. The van der Waals surface area contributed by atoms with Gasteiger partial charge >= 0.3 is 6.18 Å². The predicted octanol–water partition coefficient (Wildman–Crippen LogP) is 4.13. The zero-order valence-corrected chi connectivity index (χ0v) is 18.5. The van der Waals surface area contributed by atoms with E-state index in [9.17, 15) is 18.0 Å². The van der Waals surface area contributed by atoms with Crippen molar-refractivity contribution in [3.05, 3.63) is 66.6 Å². The highest BCUT2D eigenvalue weighted by atomic mass is 32.2. The molecule has 0 unspecified atom stereocenters. The van der Waals surface area contributed by atoms with E-state index in [1.54, 1.807) is 18.5 Å². The van der Waals surface area contributed by atoms with Crippen LogP contribution in [0, 0.1) is 0 Å². The summed E-state index contributed by atoms with van der Waals surface area (Å²) in [6.45, 7) is 2.33. The van der Waals surface area contributed by atoms with Gasteiger partial charge in [-0.1, -0.05) is 6.07 Å². The van der Waals surface area contributed by atoms with Crippen molar-refractivity contribution in [3.63, 3.8) is 0 Å². The van der Waals surface area contributed by atoms with E-state index >= 15 is 0 Å². The number of nitrogens with zero attached hydrogens (tertiary/aromatic N) is 5. The van der Waals surface area contributed by atoms with Crippen molar-refractivity contribution in [1.29, 1.82) is 0 Å². The van der Waals surface area contributed by atoms with Crippen LogP contribution in [0.2, 0.25) is 0 Å². The number of hydrogen-bond donors (Lipinski definition) is 1. The highest BCUT2D eigenvalue weighted by molar-refractivity contribution is 7.97. The van der Waals surface area contributed by atoms with Gasteiger partial charge < -0.3 is 5.32 Å². The third-order valence-electron chi connectivity index (χ3n) is 5.24. The molecule has 1 fully saturated rings. The summed E-state index contributed by atoms with van der Waals surface area (Å²) in [5.74, 6) is -1.28. The number of carbonyl (C=O) groups is 1. The van der Waals surface area contributed by atoms with E-state index in [2.05, 4.69) is 36.5 Å². The lowest BCUT2D eigenvalue weighted by Crippen LogP contribution is -2.41. The van der Waals surface area contributed by atoms with E-state index in [4.69, 9.17) is 0 Å². The molecule has 1 aliphatic heterocycles. The van der Waals surface area contributed by atoms with Gasteiger partial charge in [0.1, 0.15) is 5.03 Å². The summed E-state index contributed by atoms with van der Waals surface area (Å²) in [7, 11) is 0. The number of rotatable bonds is 6. The molecule has 172 valence electrons. The molecule has 33 heavy (non-hydrogen) atoms. The number of alkyl halides is 3. The zero-order chi connectivity index (χ0) is 23.4. The minimum atomic E-state index is -4.59. The Bertz CT molecular complexity index is 1100. The average molecular weight is 475 g/mol. The van der Waals surface area contributed by atoms with Gasteiger partial charge in [-0.3, -0.25) is 9.78 Å². The molecule has 0 bridgehead atoms. The van der Waals surface area contributed by atoms with E-state index in [1.165, 1.54) is 18.1 Å². The maximum atomic E-state index is 12.9. The quantitative estimate of drug-likeness (QED) is 0.538. The van der Waals surface area contributed by atoms with Crippen molar-refractivity contribution < 1.29 is 18.0 Å². The summed E-state index contributed by atoms with van der Waals surface area (Å²) in [6.07, 6.45) is 4.12. The van der Waals surface area contributed by atoms with Crippen LogP contribution in [0.5, 0.6) is 0 Å². The molecule has 1 N–H and O–H groups in total. The highest BCUT2D eigenvalue weighted by Gasteiger charge is 2.36. The van der Waals surface area contributed by atoms with Crippen LogP contribution in [0.4, 0.5) is 13.2 Å². The van der Waals surface area contributed by atoms with Crippen molar-refractivity contribution in [1.82, 2.24) is 29.6 Å². The first-order chi connectivity index (χ1) is 15.8. The number of carbonyl (C=O) groups excluding carboxylic acids is 1. The molecule has 0 saturated carbocycles. The van der Waals surface area contributed by atoms with E-state index < -0.39 is 12.0 Å². The Morgan fingerprint density at radius 1 is 1.12 bits per heavy atom. The van der Waals surface area contributed by atoms with Crippen LogP contribution in [-0.2, 0) is 17.5 Å². The summed E-state index contributed by atoms with van der Waals surface area (Å²) in [4.78, 5) is 28.2. The molecule has 2 atom stereocenters. The molecule has 3 aromatic heterocycles. The van der Waals surface area contributed by atoms with Crippen LogP contribution in [-0.4, -0.2) is 42.2 Å². The van der Waals surface area contributed by atoms with E-state index in [0.29, 0.717) is 11.1 Å². The molecule has 4 rings (SSSR count). The van der Waals surface area contributed by atoms with Gasteiger partial charge in [-0.05, 0) is 55.5 Å². The molecule has 0 radical (unpaired) electrons. The fourth-order valence-electron chi connectivity index (χ4n) is 3.54. The molecule has 0 aliphatic carbocycles. The molecule has 4 heterocycles. The largest absolute Gasteiger partial charge is 0.451 e. The number of nitrogens with one attached hydrogen (secondary N) is 1. The first-order valence-electron chi connectivity index (χ1n) is 10.3. The Morgan fingerprint density at radius 3 is 2.61 bits per heavy atom. The minimum Gasteiger partial charge on any atom is -0.351 e. The molecule has 0 spiro atoms. The van der Waals surface area contributed by atoms with Gasteiger partial charge in [0.25, 0.3) is 0 Å². The first kappa shape index (κ1) is 23.1. The van der Waals surface area contributed by atoms with Gasteiger partial charge in [0, 0.05) is 54.7 Å². The fourth-order valence-corrected chi connectivity index (χ4v) is 4.62. The van der Waals surface area contributed by atoms with E-state index in [-0.39, 0.29) is 24.5 Å². The zero-order valence-electron chi connectivity index (χ0n) is 17.7. The normalized spacial score (nSPS) is 18.9. The summed E-state index contributed by atoms with van der Waals surface area (Å²) in [6, 6.07) is 7.36. The van der Waals surface area contributed by atoms with E-state index in [1.807, 2.05) is 18.2 Å². The second kappa shape index (κ2) is 9.84. The predicted molar refractivity (Wildman–Crippen MR) is 117 cm³/mol. The molecule has 1 aliphatic rings. The van der Waals surface area contributed by atoms with Crippen LogP contribution in [0.1, 0.15) is 31.2 Å². The lowest BCUT2D eigenvalue weighted by molar-refractivity contribution is -0.145. The number of amides is 1. The van der Waals surface area contributed by atoms with Gasteiger partial charge in [-0.2, -0.15) is 13.2 Å². The Labute approximate surface area is 193 Å². The molecule has 3 aromatic rings. The Morgan fingerprint density at radius 2 is 1.91 bits per heavy atom. The first-order valence-corrected chi connectivity index (χ1v) is 11.1. The van der Waals surface area contributed by atoms with Crippen LogP contribution in [0.3, 0.4) is 0 Å². The van der Waals surface area contributed by atoms with Crippen molar-refractivity contribution >= 4 is 17.9 Å². The summed E-state index contributed by atoms with van der Waals surface area (Å²) < 4.78 is 40.1. The molecule has 0 aromatic carbocycles. The van der Waals surface area contributed by atoms with Gasteiger partial charge in [0.05, 0.1) is 6.04 Å². The summed E-state index contributed by atoms with van der Waals surface area (Å²) in [5, 5.41) is 3.78. The van der Waals surface area contributed by atoms with Crippen molar-refractivity contribution in [2.45, 2.75) is 49.6 Å². The molecule has 11 heteroatoms. The topological polar surface area (TPSA) is 83.9 Å². The molecular weight excluding hydrogens is 453 g/mol. The second-order valence-corrected chi connectivity index (χ2v) is 8.68. The number of halogens is 3. The minimum absolute atomic E-state index is 0.0916. The Kier molecular flexibility index (Phi) is 6.89. The monoisotopic (exact) mass is 474 g/mol. The second-order valence-electron chi connectivity index (χ2n) is 7.65. The summed E-state index contributed by atoms with van der Waals surface area (Å²) in [5.41, 5.74) is 1.69. The Balaban J connectivity index is 1.40. The van der Waals surface area contributed by atoms with Crippen LogP contribution >= 0.6 is 11.9 Å². The summed E-state index contributed by atoms with van der Waals surface area (Å²) >= 11 is 1.48. The molecule has 7 nitrogen and oxygen atoms in total. The van der Waals surface area contributed by atoms with Gasteiger partial charge in [-0.15, -0.1) is 0 Å². The number of hydrogen-bond acceptors (Lipinski definition) is 7. The molecular formula is C22H21F3N6OS. The van der Waals surface area contributed by atoms with Crippen LogP contribution < -0.4 is 5.32 Å². The number of aromatic nitrogens is 4. The van der Waals surface area contributed by atoms with Crippen molar-refractivity contribution in [3.8, 4) is 11.1 Å². The maximum absolute atomic E-state index is 12.9. The van der Waals surface area contributed by atoms with Crippen molar-refractivity contribution in [2.75, 3.05) is 0 Å². The molecule has 1 amide bonds. The molecule has 1 saturated heterocycles. The third-order valence-corrected chi connectivity index (χ3v) is 6.49. The third kappa shape index (κ3) is 5.66. The SMILES string of the molecule is C[C@H]1CC[C@@H](C(=O)NCc2cncc(-c3cnc(C(F)(F)F)nc3)c2)N1Sc1ccccn1. The lowest BCUT2D eigenvalue weighted by Gasteiger charge is -2.25. The van der Waals surface area contributed by atoms with E-state index in [0.717, 1.165) is 35.8 Å². The maximum Gasteiger partial charge on any atom is 0.451 e. The van der Waals surface area contributed by atoms with Crippen molar-refractivity contribution in [2.24, 2.45) is 0 Å². The fraction of sp³-hybridized carbons (Fsp3) is 0.318. The average Bonchev–Trinajstić information content (AvgIpc) is 3.18. The lowest BCUT2D eigenvalue weighted by atomic mass is 10.1. The number of pyridine rings is 2. The standard InChI is InChI=1S/C22H21F3N6OS/c1-14-5-6-18(31(14)33-19-4-2-3-7-27-19)20(32)28-10-15-8-16(11-26-9-15)17-12-29-21(30-13-17)22(23,24)25/h2-4,7-9,11-14,18H,5-6,10H2,1H3,(H,28,32)/t14-,18-/m0/s1. The van der Waals surface area contributed by atoms with Gasteiger partial charge in [0.15, 0.2) is 0 Å².